The number of rotatable bonds is 5. The normalized spacial score (nSPS) is 20.7. The summed E-state index contributed by atoms with van der Waals surface area (Å²) in [6, 6.07) is 7.08. The number of fused-ring (bicyclic) bond motifs is 3. The van der Waals surface area contributed by atoms with Crippen LogP contribution >= 0.6 is 0 Å². The lowest BCUT2D eigenvalue weighted by Gasteiger charge is -2.34. The molecule has 0 atom stereocenters. The van der Waals surface area contributed by atoms with Crippen molar-refractivity contribution in [3.63, 3.8) is 0 Å². The molecule has 0 aliphatic carbocycles. The van der Waals surface area contributed by atoms with Gasteiger partial charge in [-0.1, -0.05) is 18.2 Å². The van der Waals surface area contributed by atoms with Crippen LogP contribution in [0.15, 0.2) is 29.2 Å². The van der Waals surface area contributed by atoms with Gasteiger partial charge in [-0.25, -0.2) is 8.42 Å². The van der Waals surface area contributed by atoms with E-state index >= 15 is 0 Å². The van der Waals surface area contributed by atoms with E-state index in [0.29, 0.717) is 61.5 Å². The molecular formula is C26H36N4O5S. The van der Waals surface area contributed by atoms with Gasteiger partial charge in [0.05, 0.1) is 41.9 Å². The predicted octanol–water partition coefficient (Wildman–Crippen LogP) is 2.79. The van der Waals surface area contributed by atoms with Gasteiger partial charge in [-0.15, -0.1) is 0 Å². The molecule has 10 heteroatoms. The summed E-state index contributed by atoms with van der Waals surface area (Å²) < 4.78 is 39.6. The van der Waals surface area contributed by atoms with Crippen LogP contribution in [0.5, 0.6) is 0 Å². The number of hydrogen-bond acceptors (Lipinski definition) is 7. The van der Waals surface area contributed by atoms with E-state index in [2.05, 4.69) is 25.7 Å². The number of benzene rings is 1. The number of morpholine rings is 1. The molecule has 3 aliphatic heterocycles. The van der Waals surface area contributed by atoms with Gasteiger partial charge >= 0.3 is 0 Å². The smallest absolute Gasteiger partial charge is 0.274 e. The third-order valence-electron chi connectivity index (χ3n) is 7.18. The number of likely N-dealkylation sites (tertiary alicyclic amines) is 1. The highest BCUT2D eigenvalue weighted by atomic mass is 32.2. The fraction of sp³-hybridized carbons (Fsp3) is 0.615. The Labute approximate surface area is 213 Å². The van der Waals surface area contributed by atoms with Crippen LogP contribution in [0.3, 0.4) is 0 Å². The molecule has 0 unspecified atom stereocenters. The lowest BCUT2D eigenvalue weighted by molar-refractivity contribution is -0.0716. The second kappa shape index (κ2) is 9.89. The number of aromatic nitrogens is 2. The zero-order valence-corrected chi connectivity index (χ0v) is 22.2. The molecule has 5 rings (SSSR count). The number of carbonyl (C=O) groups excluding carboxylic acids is 1. The van der Waals surface area contributed by atoms with Crippen LogP contribution in [0.4, 0.5) is 0 Å². The minimum Gasteiger partial charge on any atom is -0.378 e. The zero-order valence-electron chi connectivity index (χ0n) is 21.4. The van der Waals surface area contributed by atoms with Crippen LogP contribution < -0.4 is 0 Å². The summed E-state index contributed by atoms with van der Waals surface area (Å²) in [4.78, 5) is 17.8. The van der Waals surface area contributed by atoms with Crippen molar-refractivity contribution in [3.8, 4) is 11.3 Å². The van der Waals surface area contributed by atoms with E-state index in [1.165, 1.54) is 0 Å². The van der Waals surface area contributed by atoms with Crippen molar-refractivity contribution < 1.29 is 22.7 Å². The Morgan fingerprint density at radius 1 is 1.11 bits per heavy atom. The van der Waals surface area contributed by atoms with Gasteiger partial charge in [0.2, 0.25) is 0 Å². The number of piperidine rings is 1. The molecule has 1 aromatic heterocycles. The van der Waals surface area contributed by atoms with Gasteiger partial charge in [0.25, 0.3) is 5.91 Å². The first-order chi connectivity index (χ1) is 17.1. The van der Waals surface area contributed by atoms with E-state index in [1.54, 1.807) is 17.0 Å². The molecule has 0 saturated carbocycles. The first kappa shape index (κ1) is 25.4. The molecule has 0 bridgehead atoms. The van der Waals surface area contributed by atoms with Gasteiger partial charge in [-0.2, -0.15) is 5.10 Å². The van der Waals surface area contributed by atoms with E-state index in [9.17, 15) is 13.2 Å². The molecule has 196 valence electrons. The second-order valence-corrected chi connectivity index (χ2v) is 12.9. The molecule has 0 N–H and O–H groups in total. The average molecular weight is 517 g/mol. The van der Waals surface area contributed by atoms with E-state index in [4.69, 9.17) is 14.6 Å². The Morgan fingerprint density at radius 2 is 1.81 bits per heavy atom. The predicted molar refractivity (Wildman–Crippen MR) is 135 cm³/mol. The number of sulfone groups is 1. The number of ether oxygens (including phenoxy) is 2. The van der Waals surface area contributed by atoms with Crippen LogP contribution in [0.2, 0.25) is 0 Å². The van der Waals surface area contributed by atoms with Crippen molar-refractivity contribution in [2.45, 2.75) is 56.4 Å². The topological polar surface area (TPSA) is 94.0 Å². The van der Waals surface area contributed by atoms with Gasteiger partial charge < -0.3 is 14.4 Å². The van der Waals surface area contributed by atoms with Gasteiger partial charge in [0.15, 0.2) is 15.5 Å². The number of carbonyl (C=O) groups is 1. The Bertz CT molecular complexity index is 1220. The molecule has 1 amide bonds. The molecule has 9 nitrogen and oxygen atoms in total. The summed E-state index contributed by atoms with van der Waals surface area (Å²) in [5, 5.41) is 4.80. The Kier molecular flexibility index (Phi) is 6.97. The van der Waals surface area contributed by atoms with Gasteiger partial charge in [-0.3, -0.25) is 14.4 Å². The highest BCUT2D eigenvalue weighted by Crippen LogP contribution is 2.40. The Morgan fingerprint density at radius 3 is 2.50 bits per heavy atom. The summed E-state index contributed by atoms with van der Waals surface area (Å²) >= 11 is 0. The van der Waals surface area contributed by atoms with E-state index in [-0.39, 0.29) is 23.0 Å². The summed E-state index contributed by atoms with van der Waals surface area (Å²) in [7, 11) is -3.56. The van der Waals surface area contributed by atoms with Crippen molar-refractivity contribution in [2.24, 2.45) is 5.92 Å². The number of amides is 1. The van der Waals surface area contributed by atoms with Crippen molar-refractivity contribution >= 4 is 15.7 Å². The van der Waals surface area contributed by atoms with Crippen molar-refractivity contribution in [1.82, 2.24) is 19.6 Å². The molecular weight excluding hydrogens is 480 g/mol. The molecule has 2 aromatic rings. The molecule has 1 aromatic carbocycles. The van der Waals surface area contributed by atoms with E-state index in [0.717, 1.165) is 31.6 Å². The van der Waals surface area contributed by atoms with Crippen molar-refractivity contribution in [3.05, 3.63) is 35.5 Å². The number of hydrogen-bond donors (Lipinski definition) is 0. The third kappa shape index (κ3) is 5.22. The largest absolute Gasteiger partial charge is 0.378 e. The van der Waals surface area contributed by atoms with Crippen LogP contribution in [0, 0.1) is 5.92 Å². The monoisotopic (exact) mass is 516 g/mol. The highest BCUT2D eigenvalue weighted by Gasteiger charge is 2.37. The zero-order chi connectivity index (χ0) is 25.5. The first-order valence-electron chi connectivity index (χ1n) is 12.8. The molecule has 3 aliphatic rings. The van der Waals surface area contributed by atoms with E-state index in [1.807, 2.05) is 16.8 Å². The van der Waals surface area contributed by atoms with Crippen LogP contribution in [-0.2, 0) is 31.6 Å². The van der Waals surface area contributed by atoms with Gasteiger partial charge in [-0.05, 0) is 45.6 Å². The van der Waals surface area contributed by atoms with Crippen LogP contribution in [0.25, 0.3) is 11.3 Å². The van der Waals surface area contributed by atoms with Crippen molar-refractivity contribution in [2.75, 3.05) is 46.1 Å². The highest BCUT2D eigenvalue weighted by molar-refractivity contribution is 7.90. The maximum Gasteiger partial charge on any atom is 0.274 e. The van der Waals surface area contributed by atoms with Crippen LogP contribution in [-0.4, -0.2) is 85.6 Å². The lowest BCUT2D eigenvalue weighted by atomic mass is 9.96. The third-order valence-corrected chi connectivity index (χ3v) is 8.88. The maximum absolute atomic E-state index is 13.5. The SMILES string of the molecule is CC(C)(C)OCN1CCC(Cn2nc(C(=O)N3CCOCC3)c3c2-c2ccccc2S(=O)(=O)C3)CC1. The van der Waals surface area contributed by atoms with Crippen LogP contribution in [0.1, 0.15) is 49.7 Å². The fourth-order valence-electron chi connectivity index (χ4n) is 5.19. The minimum atomic E-state index is -3.56. The standard InChI is InChI=1S/C26H36N4O5S/c1-26(2,3)35-18-28-10-8-19(9-11-28)16-30-24-20-6-4-5-7-22(20)36(32,33)17-21(24)23(27-30)25(31)29-12-14-34-15-13-29/h4-7,19H,8-18H2,1-3H3. The molecule has 4 heterocycles. The quantitative estimate of drug-likeness (QED) is 0.603. The molecule has 0 spiro atoms. The van der Waals surface area contributed by atoms with Crippen molar-refractivity contribution in [1.29, 1.82) is 0 Å². The average Bonchev–Trinajstić information content (AvgIpc) is 3.20. The second-order valence-electron chi connectivity index (χ2n) is 11.0. The summed E-state index contributed by atoms with van der Waals surface area (Å²) in [5.74, 6) is -0.0261. The van der Waals surface area contributed by atoms with E-state index < -0.39 is 9.84 Å². The van der Waals surface area contributed by atoms with Gasteiger partial charge in [0, 0.05) is 43.9 Å². The maximum atomic E-state index is 13.5. The molecule has 0 radical (unpaired) electrons. The fourth-order valence-corrected chi connectivity index (χ4v) is 6.78. The van der Waals surface area contributed by atoms with Gasteiger partial charge in [0.1, 0.15) is 0 Å². The molecule has 2 saturated heterocycles. The summed E-state index contributed by atoms with van der Waals surface area (Å²) in [6.45, 7) is 11.3. The minimum absolute atomic E-state index is 0.165. The lowest BCUT2D eigenvalue weighted by Crippen LogP contribution is -2.41. The Balaban J connectivity index is 1.43. The molecule has 2 fully saturated rings. The first-order valence-corrected chi connectivity index (χ1v) is 14.4. The molecule has 36 heavy (non-hydrogen) atoms. The number of nitrogens with zero attached hydrogens (tertiary/aromatic N) is 4. The Hall–Kier alpha value is -2.27. The summed E-state index contributed by atoms with van der Waals surface area (Å²) in [5.41, 5.74) is 2.04. The summed E-state index contributed by atoms with van der Waals surface area (Å²) in [6.07, 6.45) is 1.99.